The van der Waals surface area contributed by atoms with Crippen molar-refractivity contribution >= 4 is 11.7 Å². The monoisotopic (exact) mass is 254 g/mol. The van der Waals surface area contributed by atoms with Crippen LogP contribution in [0.25, 0.3) is 0 Å². The molecule has 0 saturated carbocycles. The fourth-order valence-corrected chi connectivity index (χ4v) is 0.750. The van der Waals surface area contributed by atoms with Crippen LogP contribution in [0, 0.1) is 0 Å². The standard InChI is InChI=1S/C13H20N2O2/c1-3-15(4-2)9-10-17-13(16)11-5-7-12(14)8-6-11/h5-8H,3-4,9-10,14H2,1-2H3/i1D3,2D3,3D2,4D2,5D,7D,9D2,10D2/hD2. The molecule has 0 spiro atoms. The molecule has 0 aliphatic rings. The average Bonchev–Trinajstić information content (AvgIpc) is 2.60. The van der Waals surface area contributed by atoms with Crippen LogP contribution in [0.3, 0.4) is 0 Å². The minimum absolute atomic E-state index is 0.0565. The number of likely N-dealkylation sites (N-methyl/N-ethyl adjacent to an activating group) is 1. The Kier molecular flexibility index (Phi) is 1.17. The first-order valence-electron chi connectivity index (χ1n) is 13.1. The quantitative estimate of drug-likeness (QED) is 0.595. The van der Waals surface area contributed by atoms with Crippen molar-refractivity contribution in [2.75, 3.05) is 31.8 Å². The molecule has 0 aromatic heterocycles. The van der Waals surface area contributed by atoms with Crippen LogP contribution in [0.2, 0.25) is 2.82 Å². The smallest absolute Gasteiger partial charge is 0.338 e. The van der Waals surface area contributed by atoms with Crippen molar-refractivity contribution in [2.45, 2.75) is 13.7 Å². The lowest BCUT2D eigenvalue weighted by Crippen LogP contribution is -2.27. The molecule has 0 heterocycles. The van der Waals surface area contributed by atoms with Gasteiger partial charge in [0.05, 0.1) is 11.0 Å². The van der Waals surface area contributed by atoms with E-state index in [0.29, 0.717) is 0 Å². The molecule has 0 amide bonds. The molecule has 0 radical (unpaired) electrons. The first kappa shape index (κ1) is 2.88. The molecule has 1 aromatic carbocycles. The third kappa shape index (κ3) is 4.44. The predicted octanol–water partition coefficient (Wildman–Crippen LogP) is 1.77. The van der Waals surface area contributed by atoms with E-state index in [0.717, 1.165) is 12.1 Å². The number of ether oxygens (including phenoxy) is 1. The number of rotatable bonds is 7. The van der Waals surface area contributed by atoms with Crippen LogP contribution in [-0.4, -0.2) is 36.9 Å². The van der Waals surface area contributed by atoms with Crippen LogP contribution in [-0.2, 0) is 4.74 Å². The number of nitrogens with two attached hydrogens (primary N) is 1. The number of nitrogens with zero attached hydrogens (tertiary/aromatic N) is 1. The zero-order chi connectivity index (χ0) is 28.2. The molecular weight excluding hydrogens is 216 g/mol. The van der Waals surface area contributed by atoms with Gasteiger partial charge in [-0.25, -0.2) is 4.79 Å². The van der Waals surface area contributed by atoms with Gasteiger partial charge in [0.2, 0.25) is 0 Å². The summed E-state index contributed by atoms with van der Waals surface area (Å²) < 4.78 is 141. The molecular formula is C13H20N2O2. The van der Waals surface area contributed by atoms with Crippen molar-refractivity contribution in [3.63, 3.8) is 0 Å². The lowest BCUT2D eigenvalue weighted by Gasteiger charge is -2.17. The summed E-state index contributed by atoms with van der Waals surface area (Å²) in [7, 11) is 0. The van der Waals surface area contributed by atoms with Gasteiger partial charge in [0.15, 0.2) is 2.82 Å². The Morgan fingerprint density at radius 2 is 2.41 bits per heavy atom. The van der Waals surface area contributed by atoms with Gasteiger partial charge in [0.1, 0.15) is 6.56 Å². The molecule has 0 bridgehead atoms. The first-order valence-corrected chi connectivity index (χ1v) is 4.17. The van der Waals surface area contributed by atoms with Crippen molar-refractivity contribution in [2.24, 2.45) is 0 Å². The van der Waals surface area contributed by atoms with Crippen LogP contribution >= 0.6 is 0 Å². The molecule has 0 fully saturated rings. The lowest BCUT2D eigenvalue weighted by molar-refractivity contribution is 0.0466. The summed E-state index contributed by atoms with van der Waals surface area (Å²) >= 11 is 0. The number of carbonyl (C=O) groups excluding carboxylic acids is 1. The third-order valence-electron chi connectivity index (χ3n) is 1.48. The number of nitrogen functional groups attached to an aromatic ring is 1. The number of anilines is 1. The van der Waals surface area contributed by atoms with E-state index in [1.807, 2.05) is 0 Å². The Bertz CT molecular complexity index is 927. The van der Waals surface area contributed by atoms with Gasteiger partial charge in [-0.05, 0) is 37.2 Å². The Morgan fingerprint density at radius 1 is 1.59 bits per heavy atom. The van der Waals surface area contributed by atoms with Crippen molar-refractivity contribution < 1.29 is 34.3 Å². The minimum Gasteiger partial charge on any atom is -0.461 e. The Balaban J connectivity index is 3.65. The molecule has 0 saturated heterocycles. The lowest BCUT2D eigenvalue weighted by atomic mass is 10.2. The van der Waals surface area contributed by atoms with Gasteiger partial charge in [0, 0.05) is 28.6 Å². The molecule has 4 nitrogen and oxygen atoms in total. The summed E-state index contributed by atoms with van der Waals surface area (Å²) in [5, 5.41) is 0. The largest absolute Gasteiger partial charge is 0.461 e. The SMILES string of the molecule is [2H]c1c(C(=O)OC([2H])([2H])C([2H])([2H])N(C([2H])([2H])C([2H])([2H])[2H])C([2H])([2H])C([2H])([2H])[2H])ccc(N([2H])[2H])c1[2H]. The second-order valence-electron chi connectivity index (χ2n) is 2.54. The van der Waals surface area contributed by atoms with E-state index in [1.54, 1.807) is 0 Å². The van der Waals surface area contributed by atoms with E-state index >= 15 is 0 Å². The Hall–Kier alpha value is -1.55. The molecule has 0 unspecified atom stereocenters. The summed E-state index contributed by atoms with van der Waals surface area (Å²) in [5.41, 5.74) is -1.39. The van der Waals surface area contributed by atoms with Crippen LogP contribution < -0.4 is 5.72 Å². The highest BCUT2D eigenvalue weighted by atomic mass is 16.5. The number of hydrogen-bond donors (Lipinski definition) is 1. The van der Waals surface area contributed by atoms with Crippen LogP contribution in [0.1, 0.15) is 46.0 Å². The van der Waals surface area contributed by atoms with Crippen LogP contribution in [0.5, 0.6) is 0 Å². The van der Waals surface area contributed by atoms with Crippen molar-refractivity contribution in [1.29, 1.82) is 0 Å². The van der Waals surface area contributed by atoms with Gasteiger partial charge in [-0.3, -0.25) is 0 Å². The molecule has 2 N–H and O–H groups in total. The summed E-state index contributed by atoms with van der Waals surface area (Å²) in [5.74, 6) is -1.84. The molecule has 0 aliphatic carbocycles. The predicted molar refractivity (Wildman–Crippen MR) is 68.9 cm³/mol. The third-order valence-corrected chi connectivity index (χ3v) is 1.48. The summed E-state index contributed by atoms with van der Waals surface area (Å²) in [6.45, 7) is -24.6. The van der Waals surface area contributed by atoms with Crippen molar-refractivity contribution in [3.8, 4) is 0 Å². The van der Waals surface area contributed by atoms with E-state index in [2.05, 4.69) is 4.74 Å². The van der Waals surface area contributed by atoms with Gasteiger partial charge < -0.3 is 15.4 Å². The molecule has 4 heteroatoms. The number of benzene rings is 1. The van der Waals surface area contributed by atoms with Crippen LogP contribution in [0.4, 0.5) is 5.69 Å². The van der Waals surface area contributed by atoms with Gasteiger partial charge in [0.25, 0.3) is 0 Å². The first-order chi connectivity index (χ1) is 15.2. The molecule has 94 valence electrons. The van der Waals surface area contributed by atoms with E-state index in [4.69, 9.17) is 24.8 Å². The maximum absolute atomic E-state index is 12.5. The molecule has 1 rings (SSSR count). The fourth-order valence-electron chi connectivity index (χ4n) is 0.750. The van der Waals surface area contributed by atoms with E-state index in [1.165, 1.54) is 0 Å². The minimum atomic E-state index is -4.29. The zero-order valence-electron chi connectivity index (χ0n) is 26.4. The fraction of sp³-hybridized carbons (Fsp3) is 0.462. The Labute approximate surface area is 128 Å². The molecule has 17 heavy (non-hydrogen) atoms. The molecule has 0 atom stereocenters. The van der Waals surface area contributed by atoms with E-state index < -0.39 is 74.0 Å². The second kappa shape index (κ2) is 6.91. The highest BCUT2D eigenvalue weighted by Gasteiger charge is 2.07. The normalized spacial score (nSPS) is 30.6. The van der Waals surface area contributed by atoms with Gasteiger partial charge >= 0.3 is 5.97 Å². The number of esters is 1. The highest BCUT2D eigenvalue weighted by molar-refractivity contribution is 5.89. The topological polar surface area (TPSA) is 55.6 Å². The summed E-state index contributed by atoms with van der Waals surface area (Å²) in [4.78, 5) is 11.5. The second-order valence-corrected chi connectivity index (χ2v) is 2.54. The van der Waals surface area contributed by atoms with Crippen LogP contribution in [0.15, 0.2) is 24.2 Å². The highest BCUT2D eigenvalue weighted by Crippen LogP contribution is 2.06. The van der Waals surface area contributed by atoms with Gasteiger partial charge in [-0.2, -0.15) is 0 Å². The number of hydrogen-bond acceptors (Lipinski definition) is 4. The zero-order valence-corrected chi connectivity index (χ0v) is 8.37. The maximum atomic E-state index is 12.5. The molecule has 0 aliphatic heterocycles. The maximum Gasteiger partial charge on any atom is 0.338 e. The van der Waals surface area contributed by atoms with E-state index in [9.17, 15) is 4.79 Å². The summed E-state index contributed by atoms with van der Waals surface area (Å²) in [6.07, 6.45) is 0. The van der Waals surface area contributed by atoms with E-state index in [-0.39, 0.29) is 5.72 Å². The summed E-state index contributed by atoms with van der Waals surface area (Å²) in [6, 6.07) is -0.234. The Morgan fingerprint density at radius 3 is 3.12 bits per heavy atom. The number of carbonyl (C=O) groups is 1. The van der Waals surface area contributed by atoms with Crippen molar-refractivity contribution in [3.05, 3.63) is 29.8 Å². The molecule has 1 aromatic rings. The van der Waals surface area contributed by atoms with Crippen molar-refractivity contribution in [1.82, 2.24) is 4.90 Å². The van der Waals surface area contributed by atoms with Gasteiger partial charge in [-0.1, -0.05) is 13.7 Å². The average molecular weight is 254 g/mol. The van der Waals surface area contributed by atoms with Gasteiger partial charge in [-0.15, -0.1) is 0 Å².